The fourth-order valence-corrected chi connectivity index (χ4v) is 1.57. The first kappa shape index (κ1) is 12.6. The number of aryl methyl sites for hydroxylation is 1. The zero-order valence-electron chi connectivity index (χ0n) is 9.34. The molecule has 0 unspecified atom stereocenters. The molecule has 0 fully saturated rings. The number of rotatable bonds is 5. The molecule has 0 amide bonds. The van der Waals surface area contributed by atoms with E-state index >= 15 is 0 Å². The highest BCUT2D eigenvalue weighted by molar-refractivity contribution is 5.26. The van der Waals surface area contributed by atoms with Gasteiger partial charge in [-0.1, -0.05) is 37.6 Å². The van der Waals surface area contributed by atoms with Crippen LogP contribution in [-0.2, 0) is 12.3 Å². The van der Waals surface area contributed by atoms with E-state index in [9.17, 15) is 8.78 Å². The number of halogens is 2. The SMILES string of the molecule is CCCC(F)(F)c1ccc(CCC#N)cc1. The molecule has 0 atom stereocenters. The van der Waals surface area contributed by atoms with Crippen LogP contribution in [-0.4, -0.2) is 0 Å². The number of nitrogens with zero attached hydrogens (tertiary/aromatic N) is 1. The monoisotopic (exact) mass is 223 g/mol. The second kappa shape index (κ2) is 5.60. The number of nitriles is 1. The third-order valence-electron chi connectivity index (χ3n) is 2.47. The van der Waals surface area contributed by atoms with E-state index in [1.54, 1.807) is 19.1 Å². The summed E-state index contributed by atoms with van der Waals surface area (Å²) in [6.07, 6.45) is 1.38. The van der Waals surface area contributed by atoms with E-state index < -0.39 is 5.92 Å². The highest BCUT2D eigenvalue weighted by atomic mass is 19.3. The highest BCUT2D eigenvalue weighted by Crippen LogP contribution is 2.32. The van der Waals surface area contributed by atoms with E-state index in [1.807, 2.05) is 6.07 Å². The molecule has 0 saturated carbocycles. The summed E-state index contributed by atoms with van der Waals surface area (Å²) in [5.41, 5.74) is 0.993. The molecule has 0 heterocycles. The molecule has 3 heteroatoms. The minimum absolute atomic E-state index is 0.0649. The Kier molecular flexibility index (Phi) is 4.42. The molecule has 0 aliphatic rings. The fraction of sp³-hybridized carbons (Fsp3) is 0.462. The molecule has 0 aliphatic heterocycles. The molecule has 0 aromatic heterocycles. The van der Waals surface area contributed by atoms with Crippen molar-refractivity contribution in [1.29, 1.82) is 5.26 Å². The van der Waals surface area contributed by atoms with Gasteiger partial charge in [-0.05, 0) is 12.0 Å². The van der Waals surface area contributed by atoms with Crippen LogP contribution in [0.3, 0.4) is 0 Å². The Morgan fingerprint density at radius 1 is 1.25 bits per heavy atom. The summed E-state index contributed by atoms with van der Waals surface area (Å²) in [5.74, 6) is -2.73. The maximum absolute atomic E-state index is 13.5. The lowest BCUT2D eigenvalue weighted by Crippen LogP contribution is -2.12. The summed E-state index contributed by atoms with van der Waals surface area (Å²) in [6, 6.07) is 8.31. The summed E-state index contributed by atoms with van der Waals surface area (Å²) in [6.45, 7) is 1.75. The first-order chi connectivity index (χ1) is 7.60. The molecule has 0 N–H and O–H groups in total. The molecule has 1 aromatic rings. The van der Waals surface area contributed by atoms with Crippen LogP contribution in [0.5, 0.6) is 0 Å². The van der Waals surface area contributed by atoms with Crippen LogP contribution in [0.2, 0.25) is 0 Å². The van der Waals surface area contributed by atoms with Crippen molar-refractivity contribution in [2.75, 3.05) is 0 Å². The summed E-state index contributed by atoms with van der Waals surface area (Å²) in [4.78, 5) is 0. The molecule has 0 radical (unpaired) electrons. The lowest BCUT2D eigenvalue weighted by Gasteiger charge is -2.15. The first-order valence-electron chi connectivity index (χ1n) is 5.44. The molecular formula is C13H15F2N. The van der Waals surface area contributed by atoms with Gasteiger partial charge < -0.3 is 0 Å². The molecule has 0 bridgehead atoms. The van der Waals surface area contributed by atoms with Gasteiger partial charge in [-0.2, -0.15) is 5.26 Å². The Morgan fingerprint density at radius 2 is 1.88 bits per heavy atom. The average molecular weight is 223 g/mol. The number of hydrogen-bond donors (Lipinski definition) is 0. The van der Waals surface area contributed by atoms with E-state index in [1.165, 1.54) is 12.1 Å². The van der Waals surface area contributed by atoms with Gasteiger partial charge in [0, 0.05) is 18.4 Å². The van der Waals surface area contributed by atoms with Crippen LogP contribution in [0.15, 0.2) is 24.3 Å². The molecule has 1 aromatic carbocycles. The van der Waals surface area contributed by atoms with Gasteiger partial charge in [0.05, 0.1) is 6.07 Å². The van der Waals surface area contributed by atoms with E-state index in [4.69, 9.17) is 5.26 Å². The Balaban J connectivity index is 2.74. The third kappa shape index (κ3) is 3.30. The quantitative estimate of drug-likeness (QED) is 0.739. The van der Waals surface area contributed by atoms with Gasteiger partial charge in [0.2, 0.25) is 0 Å². The normalized spacial score (nSPS) is 11.1. The van der Waals surface area contributed by atoms with Crippen molar-refractivity contribution in [3.8, 4) is 6.07 Å². The minimum Gasteiger partial charge on any atom is -0.201 e. The van der Waals surface area contributed by atoms with Gasteiger partial charge in [-0.3, -0.25) is 0 Å². The van der Waals surface area contributed by atoms with Crippen molar-refractivity contribution in [2.45, 2.75) is 38.5 Å². The molecule has 1 nitrogen and oxygen atoms in total. The topological polar surface area (TPSA) is 23.8 Å². The number of benzene rings is 1. The van der Waals surface area contributed by atoms with Crippen molar-refractivity contribution in [1.82, 2.24) is 0 Å². The second-order valence-corrected chi connectivity index (χ2v) is 3.81. The van der Waals surface area contributed by atoms with E-state index in [2.05, 4.69) is 0 Å². The van der Waals surface area contributed by atoms with Crippen LogP contribution in [0.1, 0.15) is 37.3 Å². The lowest BCUT2D eigenvalue weighted by atomic mass is 10.0. The van der Waals surface area contributed by atoms with E-state index in [-0.39, 0.29) is 12.0 Å². The first-order valence-corrected chi connectivity index (χ1v) is 5.44. The Morgan fingerprint density at radius 3 is 2.38 bits per heavy atom. The van der Waals surface area contributed by atoms with Crippen LogP contribution in [0.25, 0.3) is 0 Å². The van der Waals surface area contributed by atoms with Crippen molar-refractivity contribution in [2.24, 2.45) is 0 Å². The van der Waals surface area contributed by atoms with E-state index in [0.29, 0.717) is 19.3 Å². The summed E-state index contributed by atoms with van der Waals surface area (Å²) >= 11 is 0. The van der Waals surface area contributed by atoms with Gasteiger partial charge in [-0.15, -0.1) is 0 Å². The maximum Gasteiger partial charge on any atom is 0.273 e. The Bertz CT molecular complexity index is 363. The summed E-state index contributed by atoms with van der Waals surface area (Å²) in [5, 5.41) is 8.41. The zero-order valence-corrected chi connectivity index (χ0v) is 9.34. The van der Waals surface area contributed by atoms with Gasteiger partial charge in [0.1, 0.15) is 0 Å². The van der Waals surface area contributed by atoms with Crippen molar-refractivity contribution >= 4 is 0 Å². The summed E-state index contributed by atoms with van der Waals surface area (Å²) < 4.78 is 27.0. The molecule has 86 valence electrons. The Labute approximate surface area is 94.7 Å². The van der Waals surface area contributed by atoms with Gasteiger partial charge in [0.25, 0.3) is 5.92 Å². The number of hydrogen-bond acceptors (Lipinski definition) is 1. The molecule has 0 aliphatic carbocycles. The number of alkyl halides is 2. The van der Waals surface area contributed by atoms with Crippen LogP contribution >= 0.6 is 0 Å². The molecular weight excluding hydrogens is 208 g/mol. The second-order valence-electron chi connectivity index (χ2n) is 3.81. The molecule has 0 saturated heterocycles. The predicted molar refractivity (Wildman–Crippen MR) is 59.2 cm³/mol. The average Bonchev–Trinajstić information content (AvgIpc) is 2.27. The van der Waals surface area contributed by atoms with Crippen molar-refractivity contribution in [3.63, 3.8) is 0 Å². The minimum atomic E-state index is -2.73. The largest absolute Gasteiger partial charge is 0.273 e. The van der Waals surface area contributed by atoms with Crippen molar-refractivity contribution < 1.29 is 8.78 Å². The van der Waals surface area contributed by atoms with Crippen LogP contribution < -0.4 is 0 Å². The van der Waals surface area contributed by atoms with Crippen molar-refractivity contribution in [3.05, 3.63) is 35.4 Å². The molecule has 0 spiro atoms. The van der Waals surface area contributed by atoms with Crippen LogP contribution in [0, 0.1) is 11.3 Å². The van der Waals surface area contributed by atoms with Crippen LogP contribution in [0.4, 0.5) is 8.78 Å². The van der Waals surface area contributed by atoms with Gasteiger partial charge >= 0.3 is 0 Å². The van der Waals surface area contributed by atoms with Gasteiger partial charge in [0.15, 0.2) is 0 Å². The molecule has 1 rings (SSSR count). The zero-order chi connectivity index (χ0) is 12.0. The third-order valence-corrected chi connectivity index (χ3v) is 2.47. The smallest absolute Gasteiger partial charge is 0.201 e. The maximum atomic E-state index is 13.5. The highest BCUT2D eigenvalue weighted by Gasteiger charge is 2.29. The Hall–Kier alpha value is -1.43. The standard InChI is InChI=1S/C13H15F2N/c1-2-9-13(14,15)12-7-5-11(6-8-12)4-3-10-16/h5-8H,2-4,9H2,1H3. The summed E-state index contributed by atoms with van der Waals surface area (Å²) in [7, 11) is 0. The lowest BCUT2D eigenvalue weighted by molar-refractivity contribution is -0.0140. The van der Waals surface area contributed by atoms with E-state index in [0.717, 1.165) is 5.56 Å². The predicted octanol–water partition coefficient (Wildman–Crippen LogP) is 4.03. The fourth-order valence-electron chi connectivity index (χ4n) is 1.57. The van der Waals surface area contributed by atoms with Gasteiger partial charge in [-0.25, -0.2) is 8.78 Å². The molecule has 16 heavy (non-hydrogen) atoms.